The average molecular weight is 216 g/mol. The van der Waals surface area contributed by atoms with Gasteiger partial charge in [0.05, 0.1) is 6.42 Å². The summed E-state index contributed by atoms with van der Waals surface area (Å²) in [4.78, 5) is 22.3. The van der Waals surface area contributed by atoms with Crippen molar-refractivity contribution in [1.29, 1.82) is 0 Å². The lowest BCUT2D eigenvalue weighted by atomic mass is 10.2. The first-order chi connectivity index (χ1) is 6.85. The monoisotopic (exact) mass is 216 g/mol. The number of nitrogens with two attached hydrogens (primary N) is 1. The normalized spacial score (nSPS) is 10.9. The van der Waals surface area contributed by atoms with Crippen LogP contribution in [0.25, 0.3) is 0 Å². The molecule has 0 atom stereocenters. The van der Waals surface area contributed by atoms with E-state index in [1.54, 1.807) is 20.8 Å². The van der Waals surface area contributed by atoms with Crippen molar-refractivity contribution in [2.45, 2.75) is 39.2 Å². The van der Waals surface area contributed by atoms with Crippen molar-refractivity contribution in [1.82, 2.24) is 5.32 Å². The van der Waals surface area contributed by atoms with Crippen molar-refractivity contribution in [2.24, 2.45) is 5.73 Å². The second kappa shape index (κ2) is 6.40. The zero-order chi connectivity index (χ0) is 11.9. The fourth-order valence-electron chi connectivity index (χ4n) is 0.908. The van der Waals surface area contributed by atoms with Crippen LogP contribution in [0.1, 0.15) is 33.6 Å². The van der Waals surface area contributed by atoms with Crippen LogP contribution in [0.3, 0.4) is 0 Å². The Bertz CT molecular complexity index is 221. The smallest absolute Gasteiger partial charge is 0.306 e. The van der Waals surface area contributed by atoms with Gasteiger partial charge in [-0.15, -0.1) is 0 Å². The molecule has 0 aromatic rings. The van der Waals surface area contributed by atoms with E-state index in [1.807, 2.05) is 0 Å². The summed E-state index contributed by atoms with van der Waals surface area (Å²) in [5.74, 6) is -0.531. The lowest BCUT2D eigenvalue weighted by Crippen LogP contribution is -2.30. The van der Waals surface area contributed by atoms with E-state index < -0.39 is 5.60 Å². The molecule has 5 heteroatoms. The van der Waals surface area contributed by atoms with Gasteiger partial charge in [-0.25, -0.2) is 0 Å². The first-order valence-corrected chi connectivity index (χ1v) is 5.04. The van der Waals surface area contributed by atoms with Crippen LogP contribution in [0, 0.1) is 0 Å². The fourth-order valence-corrected chi connectivity index (χ4v) is 0.908. The van der Waals surface area contributed by atoms with E-state index in [1.165, 1.54) is 0 Å². The van der Waals surface area contributed by atoms with Crippen molar-refractivity contribution in [3.8, 4) is 0 Å². The minimum absolute atomic E-state index is 0.105. The lowest BCUT2D eigenvalue weighted by molar-refractivity contribution is -0.155. The Hall–Kier alpha value is -1.10. The van der Waals surface area contributed by atoms with Crippen LogP contribution in [-0.2, 0) is 14.3 Å². The maximum atomic E-state index is 11.2. The van der Waals surface area contributed by atoms with E-state index in [2.05, 4.69) is 5.32 Å². The molecule has 0 rings (SSSR count). The van der Waals surface area contributed by atoms with Gasteiger partial charge in [0, 0.05) is 19.5 Å². The number of rotatable bonds is 5. The van der Waals surface area contributed by atoms with Gasteiger partial charge in [-0.1, -0.05) is 0 Å². The molecular formula is C10H20N2O3. The Morgan fingerprint density at radius 1 is 1.27 bits per heavy atom. The molecule has 0 aromatic heterocycles. The van der Waals surface area contributed by atoms with E-state index in [4.69, 9.17) is 10.5 Å². The first kappa shape index (κ1) is 13.9. The van der Waals surface area contributed by atoms with Gasteiger partial charge in [-0.3, -0.25) is 9.59 Å². The van der Waals surface area contributed by atoms with Crippen LogP contribution >= 0.6 is 0 Å². The zero-order valence-electron chi connectivity index (χ0n) is 9.63. The third-order valence-electron chi connectivity index (χ3n) is 1.44. The third-order valence-corrected chi connectivity index (χ3v) is 1.44. The summed E-state index contributed by atoms with van der Waals surface area (Å²) >= 11 is 0. The van der Waals surface area contributed by atoms with E-state index in [0.717, 1.165) is 0 Å². The van der Waals surface area contributed by atoms with Crippen LogP contribution in [0.4, 0.5) is 0 Å². The number of esters is 1. The van der Waals surface area contributed by atoms with Crippen LogP contribution in [-0.4, -0.2) is 30.6 Å². The summed E-state index contributed by atoms with van der Waals surface area (Å²) in [6.07, 6.45) is 0.253. The highest BCUT2D eigenvalue weighted by molar-refractivity contribution is 5.81. The molecule has 0 heterocycles. The Morgan fingerprint density at radius 3 is 2.33 bits per heavy atom. The molecular weight excluding hydrogens is 196 g/mol. The van der Waals surface area contributed by atoms with Gasteiger partial charge in [0.1, 0.15) is 5.60 Å². The maximum Gasteiger partial charge on any atom is 0.306 e. The van der Waals surface area contributed by atoms with Crippen molar-refractivity contribution >= 4 is 11.9 Å². The number of hydrogen-bond donors (Lipinski definition) is 2. The molecule has 0 bridgehead atoms. The molecule has 0 aliphatic heterocycles. The van der Waals surface area contributed by atoms with Crippen molar-refractivity contribution in [3.63, 3.8) is 0 Å². The predicted octanol–water partition coefficient (Wildman–Crippen LogP) is 0.183. The number of amides is 1. The van der Waals surface area contributed by atoms with Crippen LogP contribution in [0.15, 0.2) is 0 Å². The maximum absolute atomic E-state index is 11.2. The molecule has 3 N–H and O–H groups in total. The van der Waals surface area contributed by atoms with E-state index in [9.17, 15) is 9.59 Å². The van der Waals surface area contributed by atoms with Gasteiger partial charge in [-0.2, -0.15) is 0 Å². The summed E-state index contributed by atoms with van der Waals surface area (Å²) in [7, 11) is 0. The van der Waals surface area contributed by atoms with E-state index >= 15 is 0 Å². The van der Waals surface area contributed by atoms with E-state index in [-0.39, 0.29) is 24.7 Å². The first-order valence-electron chi connectivity index (χ1n) is 5.04. The van der Waals surface area contributed by atoms with Crippen molar-refractivity contribution in [3.05, 3.63) is 0 Å². The standard InChI is InChI=1S/C10H20N2O3/c1-10(2,3)15-9(14)5-4-8(13)12-7-6-11/h4-7,11H2,1-3H3,(H,12,13). The summed E-state index contributed by atoms with van der Waals surface area (Å²) in [6.45, 7) is 6.21. The van der Waals surface area contributed by atoms with Crippen molar-refractivity contribution in [2.75, 3.05) is 13.1 Å². The van der Waals surface area contributed by atoms with Crippen LogP contribution < -0.4 is 11.1 Å². The van der Waals surface area contributed by atoms with Crippen LogP contribution in [0.5, 0.6) is 0 Å². The SMILES string of the molecule is CC(C)(C)OC(=O)CCC(=O)NCCN. The molecule has 0 aromatic carbocycles. The topological polar surface area (TPSA) is 81.4 Å². The molecule has 0 unspecified atom stereocenters. The number of carbonyl (C=O) groups is 2. The van der Waals surface area contributed by atoms with Gasteiger partial charge in [0.2, 0.25) is 5.91 Å². The highest BCUT2D eigenvalue weighted by Crippen LogP contribution is 2.08. The molecule has 15 heavy (non-hydrogen) atoms. The Morgan fingerprint density at radius 2 is 1.87 bits per heavy atom. The number of nitrogens with one attached hydrogen (secondary N) is 1. The Kier molecular flexibility index (Phi) is 5.93. The molecule has 0 spiro atoms. The van der Waals surface area contributed by atoms with Gasteiger partial charge < -0.3 is 15.8 Å². The van der Waals surface area contributed by atoms with Gasteiger partial charge >= 0.3 is 5.97 Å². The van der Waals surface area contributed by atoms with Gasteiger partial charge in [0.25, 0.3) is 0 Å². The Balaban J connectivity index is 3.67. The second-order valence-electron chi connectivity index (χ2n) is 4.23. The molecule has 0 radical (unpaired) electrons. The fraction of sp³-hybridized carbons (Fsp3) is 0.800. The molecule has 0 saturated heterocycles. The quantitative estimate of drug-likeness (QED) is 0.642. The summed E-state index contributed by atoms with van der Waals surface area (Å²) in [6, 6.07) is 0. The average Bonchev–Trinajstić information content (AvgIpc) is 2.08. The molecule has 5 nitrogen and oxygen atoms in total. The molecule has 0 aliphatic rings. The Labute approximate surface area is 90.4 Å². The van der Waals surface area contributed by atoms with Gasteiger partial charge in [0.15, 0.2) is 0 Å². The highest BCUT2D eigenvalue weighted by Gasteiger charge is 2.16. The second-order valence-corrected chi connectivity index (χ2v) is 4.23. The zero-order valence-corrected chi connectivity index (χ0v) is 9.63. The summed E-state index contributed by atoms with van der Waals surface area (Å²) in [5, 5.41) is 2.58. The lowest BCUT2D eigenvalue weighted by Gasteiger charge is -2.19. The molecule has 88 valence electrons. The van der Waals surface area contributed by atoms with Gasteiger partial charge in [-0.05, 0) is 20.8 Å². The minimum Gasteiger partial charge on any atom is -0.460 e. The molecule has 0 saturated carbocycles. The number of hydrogen-bond acceptors (Lipinski definition) is 4. The molecule has 0 aliphatic carbocycles. The predicted molar refractivity (Wildman–Crippen MR) is 57.1 cm³/mol. The summed E-state index contributed by atoms with van der Waals surface area (Å²) < 4.78 is 5.05. The van der Waals surface area contributed by atoms with Crippen LogP contribution in [0.2, 0.25) is 0 Å². The van der Waals surface area contributed by atoms with E-state index in [0.29, 0.717) is 13.1 Å². The van der Waals surface area contributed by atoms with Crippen molar-refractivity contribution < 1.29 is 14.3 Å². The summed E-state index contributed by atoms with van der Waals surface area (Å²) in [5.41, 5.74) is 4.71. The molecule has 1 amide bonds. The number of ether oxygens (including phenoxy) is 1. The number of carbonyl (C=O) groups excluding carboxylic acids is 2. The highest BCUT2D eigenvalue weighted by atomic mass is 16.6. The third kappa shape index (κ3) is 9.21. The largest absolute Gasteiger partial charge is 0.460 e. The minimum atomic E-state index is -0.495. The molecule has 0 fully saturated rings.